The van der Waals surface area contributed by atoms with Gasteiger partial charge in [-0.25, -0.2) is 0 Å². The third-order valence-corrected chi connectivity index (χ3v) is 14.7. The van der Waals surface area contributed by atoms with Gasteiger partial charge in [0.05, 0.1) is 18.8 Å². The van der Waals surface area contributed by atoms with Gasteiger partial charge in [0.25, 0.3) is 0 Å². The molecule has 0 aliphatic rings. The lowest BCUT2D eigenvalue weighted by atomic mass is 10.0. The lowest BCUT2D eigenvalue weighted by Gasteiger charge is -2.22. The van der Waals surface area contributed by atoms with Crippen LogP contribution in [0.15, 0.2) is 24.3 Å². The van der Waals surface area contributed by atoms with Gasteiger partial charge in [0, 0.05) is 6.42 Å². The van der Waals surface area contributed by atoms with Gasteiger partial charge in [-0.2, -0.15) is 0 Å². The molecule has 0 heterocycles. The molecule has 0 aromatic carbocycles. The number of allylic oxidation sites excluding steroid dienone is 4. The summed E-state index contributed by atoms with van der Waals surface area (Å²) in [5.41, 5.74) is 0. The number of aliphatic hydroxyl groups is 2. The van der Waals surface area contributed by atoms with Crippen molar-refractivity contribution in [3.05, 3.63) is 24.3 Å². The highest BCUT2D eigenvalue weighted by molar-refractivity contribution is 5.76. The molecular weight excluding hydrogens is 819 g/mol. The number of carbonyl (C=O) groups excluding carboxylic acids is 1. The average molecular weight is 943 g/mol. The Balaban J connectivity index is 3.38. The van der Waals surface area contributed by atoms with E-state index >= 15 is 0 Å². The van der Waals surface area contributed by atoms with Gasteiger partial charge in [0.2, 0.25) is 5.91 Å². The minimum Gasteiger partial charge on any atom is -0.394 e. The normalized spacial score (nSPS) is 12.8. The van der Waals surface area contributed by atoms with E-state index in [9.17, 15) is 15.0 Å². The zero-order chi connectivity index (χ0) is 48.5. The van der Waals surface area contributed by atoms with Crippen molar-refractivity contribution in [1.82, 2.24) is 5.32 Å². The standard InChI is InChI=1S/C63H123NO3/c1-3-5-7-9-11-13-15-17-19-21-22-23-24-25-26-27-28-29-30-31-32-33-34-35-36-37-38-39-40-41-42-43-45-47-49-51-53-55-57-59-63(67)64-61(60-65)62(66)58-56-54-52-50-48-46-44-20-18-16-14-12-10-8-6-4-2/h28-29,31-32,61-62,65-66H,3-27,30,33-60H2,1-2H3,(H,64,67)/b29-28-,32-31-. The zero-order valence-corrected chi connectivity index (χ0v) is 46.0. The highest BCUT2D eigenvalue weighted by atomic mass is 16.3. The van der Waals surface area contributed by atoms with Gasteiger partial charge in [0.15, 0.2) is 0 Å². The molecule has 0 aliphatic carbocycles. The van der Waals surface area contributed by atoms with Crippen LogP contribution in [-0.2, 0) is 4.79 Å². The number of nitrogens with one attached hydrogen (secondary N) is 1. The molecule has 0 aliphatic heterocycles. The van der Waals surface area contributed by atoms with Gasteiger partial charge in [-0.15, -0.1) is 0 Å². The van der Waals surface area contributed by atoms with Crippen molar-refractivity contribution in [2.75, 3.05) is 6.61 Å². The molecule has 0 radical (unpaired) electrons. The van der Waals surface area contributed by atoms with E-state index in [0.717, 1.165) is 32.1 Å². The van der Waals surface area contributed by atoms with Crippen LogP contribution < -0.4 is 5.32 Å². The number of hydrogen-bond acceptors (Lipinski definition) is 3. The fraction of sp³-hybridized carbons (Fsp3) is 0.921. The van der Waals surface area contributed by atoms with Crippen molar-refractivity contribution in [2.24, 2.45) is 0 Å². The van der Waals surface area contributed by atoms with Crippen LogP contribution in [0.2, 0.25) is 0 Å². The first-order valence-electron chi connectivity index (χ1n) is 31.0. The quantitative estimate of drug-likeness (QED) is 0.0420. The van der Waals surface area contributed by atoms with Crippen LogP contribution in [0.4, 0.5) is 0 Å². The van der Waals surface area contributed by atoms with Crippen molar-refractivity contribution in [3.8, 4) is 0 Å². The zero-order valence-electron chi connectivity index (χ0n) is 46.0. The van der Waals surface area contributed by atoms with E-state index in [4.69, 9.17) is 0 Å². The number of carbonyl (C=O) groups is 1. The molecule has 67 heavy (non-hydrogen) atoms. The predicted molar refractivity (Wildman–Crippen MR) is 299 cm³/mol. The summed E-state index contributed by atoms with van der Waals surface area (Å²) in [6.45, 7) is 4.40. The first kappa shape index (κ1) is 65.9. The van der Waals surface area contributed by atoms with Crippen LogP contribution in [0.25, 0.3) is 0 Å². The van der Waals surface area contributed by atoms with Crippen LogP contribution in [0.1, 0.15) is 354 Å². The maximum absolute atomic E-state index is 12.5. The van der Waals surface area contributed by atoms with Gasteiger partial charge in [-0.05, 0) is 44.9 Å². The predicted octanol–water partition coefficient (Wildman–Crippen LogP) is 20.7. The summed E-state index contributed by atoms with van der Waals surface area (Å²) >= 11 is 0. The van der Waals surface area contributed by atoms with E-state index in [1.165, 1.54) is 295 Å². The molecular formula is C63H123NO3. The maximum Gasteiger partial charge on any atom is 0.220 e. The third kappa shape index (κ3) is 55.7. The molecule has 1 amide bonds. The molecule has 0 aromatic rings. The Labute approximate surface area is 421 Å². The summed E-state index contributed by atoms with van der Waals surface area (Å²) in [6.07, 6.45) is 79.2. The Morgan fingerprint density at radius 3 is 0.896 bits per heavy atom. The lowest BCUT2D eigenvalue weighted by molar-refractivity contribution is -0.123. The van der Waals surface area contributed by atoms with Gasteiger partial charge < -0.3 is 15.5 Å². The van der Waals surface area contributed by atoms with Crippen molar-refractivity contribution in [1.29, 1.82) is 0 Å². The third-order valence-electron chi connectivity index (χ3n) is 14.7. The molecule has 2 unspecified atom stereocenters. The molecule has 3 N–H and O–H groups in total. The van der Waals surface area contributed by atoms with Crippen molar-refractivity contribution in [2.45, 2.75) is 366 Å². The molecule has 0 aromatic heterocycles. The van der Waals surface area contributed by atoms with Crippen molar-refractivity contribution in [3.63, 3.8) is 0 Å². The smallest absolute Gasteiger partial charge is 0.220 e. The SMILES string of the molecule is CCCCCCCCCCCCCCCCC/C=C\C/C=C\CCCCCCCCCCCCCCCCCCCC(=O)NC(CO)C(O)CCCCCCCCCCCCCCCCCC. The summed E-state index contributed by atoms with van der Waals surface area (Å²) in [5.74, 6) is -0.0255. The van der Waals surface area contributed by atoms with E-state index in [1.54, 1.807) is 0 Å². The Hall–Kier alpha value is -1.13. The van der Waals surface area contributed by atoms with E-state index < -0.39 is 12.1 Å². The topological polar surface area (TPSA) is 69.6 Å². The summed E-state index contributed by atoms with van der Waals surface area (Å²) in [6, 6.07) is -0.534. The molecule has 0 spiro atoms. The molecule has 0 bridgehead atoms. The lowest BCUT2D eigenvalue weighted by Crippen LogP contribution is -2.45. The van der Waals surface area contributed by atoms with Crippen molar-refractivity contribution < 1.29 is 15.0 Å². The fourth-order valence-corrected chi connectivity index (χ4v) is 9.98. The molecule has 0 saturated carbocycles. The highest BCUT2D eigenvalue weighted by Crippen LogP contribution is 2.18. The van der Waals surface area contributed by atoms with Gasteiger partial charge in [0.1, 0.15) is 0 Å². The molecule has 4 heteroatoms. The Kier molecular flexibility index (Phi) is 58.2. The molecule has 0 fully saturated rings. The summed E-state index contributed by atoms with van der Waals surface area (Å²) in [5, 5.41) is 23.3. The first-order chi connectivity index (χ1) is 33.2. The van der Waals surface area contributed by atoms with Crippen LogP contribution in [0.3, 0.4) is 0 Å². The van der Waals surface area contributed by atoms with E-state index in [2.05, 4.69) is 43.5 Å². The fourth-order valence-electron chi connectivity index (χ4n) is 9.98. The number of unbranched alkanes of at least 4 members (excludes halogenated alkanes) is 47. The molecule has 0 rings (SSSR count). The van der Waals surface area contributed by atoms with Crippen molar-refractivity contribution >= 4 is 5.91 Å². The molecule has 4 nitrogen and oxygen atoms in total. The molecule has 398 valence electrons. The number of aliphatic hydroxyl groups excluding tert-OH is 2. The summed E-state index contributed by atoms with van der Waals surface area (Å²) in [7, 11) is 0. The minimum atomic E-state index is -0.657. The van der Waals surface area contributed by atoms with Crippen LogP contribution >= 0.6 is 0 Å². The van der Waals surface area contributed by atoms with Gasteiger partial charge >= 0.3 is 0 Å². The minimum absolute atomic E-state index is 0.0255. The second kappa shape index (κ2) is 59.2. The highest BCUT2D eigenvalue weighted by Gasteiger charge is 2.20. The Morgan fingerprint density at radius 1 is 0.358 bits per heavy atom. The van der Waals surface area contributed by atoms with E-state index in [0.29, 0.717) is 12.8 Å². The van der Waals surface area contributed by atoms with E-state index in [-0.39, 0.29) is 12.5 Å². The second-order valence-electron chi connectivity index (χ2n) is 21.5. The maximum atomic E-state index is 12.5. The van der Waals surface area contributed by atoms with E-state index in [1.807, 2.05) is 0 Å². The monoisotopic (exact) mass is 942 g/mol. The van der Waals surface area contributed by atoms with Gasteiger partial charge in [-0.3, -0.25) is 4.79 Å². The number of amides is 1. The molecule has 0 saturated heterocycles. The van der Waals surface area contributed by atoms with Gasteiger partial charge in [-0.1, -0.05) is 327 Å². The average Bonchev–Trinajstić information content (AvgIpc) is 3.33. The Bertz CT molecular complexity index is 978. The first-order valence-corrected chi connectivity index (χ1v) is 31.0. The van der Waals surface area contributed by atoms with Crippen LogP contribution in [0, 0.1) is 0 Å². The largest absolute Gasteiger partial charge is 0.394 e. The molecule has 2 atom stereocenters. The number of rotatable bonds is 58. The number of hydrogen-bond donors (Lipinski definition) is 3. The second-order valence-corrected chi connectivity index (χ2v) is 21.5. The summed E-state index contributed by atoms with van der Waals surface area (Å²) < 4.78 is 0. The Morgan fingerprint density at radius 2 is 0.612 bits per heavy atom. The van der Waals surface area contributed by atoms with Crippen LogP contribution in [-0.4, -0.2) is 34.9 Å². The van der Waals surface area contributed by atoms with Crippen LogP contribution in [0.5, 0.6) is 0 Å². The summed E-state index contributed by atoms with van der Waals surface area (Å²) in [4.78, 5) is 12.5.